The summed E-state index contributed by atoms with van der Waals surface area (Å²) in [6.07, 6.45) is 3.65. The molecule has 1 atom stereocenters. The molecule has 0 radical (unpaired) electrons. The quantitative estimate of drug-likeness (QED) is 0.620. The minimum absolute atomic E-state index is 0.0414. The third-order valence-electron chi connectivity index (χ3n) is 5.00. The fourth-order valence-corrected chi connectivity index (χ4v) is 4.60. The van der Waals surface area contributed by atoms with Gasteiger partial charge in [-0.25, -0.2) is 0 Å². The summed E-state index contributed by atoms with van der Waals surface area (Å²) in [5, 5.41) is 9.65. The van der Waals surface area contributed by atoms with Crippen molar-refractivity contribution >= 4 is 17.5 Å². The van der Waals surface area contributed by atoms with Gasteiger partial charge in [0.05, 0.1) is 12.4 Å². The highest BCUT2D eigenvalue weighted by molar-refractivity contribution is 8.00. The first kappa shape index (κ1) is 18.7. The Kier molecular flexibility index (Phi) is 5.48. The molecule has 1 saturated carbocycles. The number of aryl methyl sites for hydroxylation is 1. The van der Waals surface area contributed by atoms with E-state index >= 15 is 0 Å². The molecule has 4 rings (SSSR count). The van der Waals surface area contributed by atoms with Crippen LogP contribution in [-0.2, 0) is 4.79 Å². The van der Waals surface area contributed by atoms with Crippen LogP contribution in [0.25, 0.3) is 17.1 Å². The Morgan fingerprint density at radius 3 is 2.68 bits per heavy atom. The normalized spacial score (nSPS) is 16.9. The Hall–Kier alpha value is -2.60. The van der Waals surface area contributed by atoms with Crippen molar-refractivity contribution < 1.29 is 9.53 Å². The number of ether oxygens (including phenoxy) is 1. The van der Waals surface area contributed by atoms with Crippen molar-refractivity contribution in [2.75, 3.05) is 7.11 Å². The number of nitrogens with zero attached hydrogens (tertiary/aromatic N) is 3. The Bertz CT molecular complexity index is 982. The van der Waals surface area contributed by atoms with Crippen LogP contribution >= 0.6 is 11.8 Å². The predicted octanol–water partition coefficient (Wildman–Crippen LogP) is 4.86. The molecule has 1 heterocycles. The second-order valence-corrected chi connectivity index (χ2v) is 8.20. The molecule has 3 aromatic rings. The van der Waals surface area contributed by atoms with E-state index < -0.39 is 0 Å². The number of ketones is 1. The molecule has 0 N–H and O–H groups in total. The highest BCUT2D eigenvalue weighted by Crippen LogP contribution is 2.35. The van der Waals surface area contributed by atoms with E-state index in [1.54, 1.807) is 7.11 Å². The van der Waals surface area contributed by atoms with Crippen LogP contribution in [0, 0.1) is 6.92 Å². The monoisotopic (exact) mass is 393 g/mol. The van der Waals surface area contributed by atoms with Crippen LogP contribution in [-0.4, -0.2) is 32.9 Å². The van der Waals surface area contributed by atoms with Crippen LogP contribution in [0.15, 0.2) is 53.7 Å². The van der Waals surface area contributed by atoms with Crippen LogP contribution in [0.1, 0.15) is 31.2 Å². The van der Waals surface area contributed by atoms with Gasteiger partial charge in [0.25, 0.3) is 0 Å². The minimum Gasteiger partial charge on any atom is -0.497 e. The summed E-state index contributed by atoms with van der Waals surface area (Å²) < 4.78 is 7.42. The molecule has 144 valence electrons. The number of hydrogen-bond acceptors (Lipinski definition) is 5. The molecule has 0 aliphatic heterocycles. The van der Waals surface area contributed by atoms with Gasteiger partial charge in [-0.2, -0.15) is 0 Å². The largest absolute Gasteiger partial charge is 0.497 e. The minimum atomic E-state index is -0.0414. The summed E-state index contributed by atoms with van der Waals surface area (Å²) >= 11 is 1.53. The van der Waals surface area contributed by atoms with Gasteiger partial charge in [-0.15, -0.1) is 10.2 Å². The number of Topliss-reactive ketones (excluding diaryl/α,β-unsaturated/α-hetero) is 1. The SMILES string of the molecule is COc1cccc(-c2nnc(S[C@H]3CCCCC3=O)n2-c2ccc(C)cc2)c1. The molecule has 0 unspecified atom stereocenters. The Balaban J connectivity index is 1.79. The van der Waals surface area contributed by atoms with Gasteiger partial charge in [0.15, 0.2) is 11.0 Å². The first-order chi connectivity index (χ1) is 13.7. The summed E-state index contributed by atoms with van der Waals surface area (Å²) in [6.45, 7) is 2.06. The van der Waals surface area contributed by atoms with Crippen molar-refractivity contribution in [3.05, 3.63) is 54.1 Å². The van der Waals surface area contributed by atoms with Crippen LogP contribution in [0.5, 0.6) is 5.75 Å². The molecule has 0 amide bonds. The lowest BCUT2D eigenvalue weighted by molar-refractivity contribution is -0.119. The summed E-state index contributed by atoms with van der Waals surface area (Å²) in [6, 6.07) is 16.1. The van der Waals surface area contributed by atoms with Crippen LogP contribution in [0.3, 0.4) is 0 Å². The lowest BCUT2D eigenvalue weighted by Gasteiger charge is -2.20. The first-order valence-corrected chi connectivity index (χ1v) is 10.4. The highest BCUT2D eigenvalue weighted by Gasteiger charge is 2.27. The lowest BCUT2D eigenvalue weighted by Crippen LogP contribution is -2.21. The van der Waals surface area contributed by atoms with Gasteiger partial charge in [-0.05, 0) is 44.0 Å². The maximum absolute atomic E-state index is 12.4. The fraction of sp³-hybridized carbons (Fsp3) is 0.318. The molecule has 0 bridgehead atoms. The Morgan fingerprint density at radius 2 is 1.93 bits per heavy atom. The second-order valence-electron chi connectivity index (χ2n) is 7.03. The molecule has 1 aliphatic rings. The van der Waals surface area contributed by atoms with E-state index in [4.69, 9.17) is 4.74 Å². The summed E-state index contributed by atoms with van der Waals surface area (Å²) in [4.78, 5) is 12.4. The number of rotatable bonds is 5. The molecule has 0 saturated heterocycles. The van der Waals surface area contributed by atoms with E-state index in [1.807, 2.05) is 28.8 Å². The number of thioether (sulfide) groups is 1. The van der Waals surface area contributed by atoms with Gasteiger partial charge in [-0.1, -0.05) is 48.0 Å². The predicted molar refractivity (Wildman–Crippen MR) is 111 cm³/mol. The molecule has 5 nitrogen and oxygen atoms in total. The molecule has 28 heavy (non-hydrogen) atoms. The van der Waals surface area contributed by atoms with E-state index in [0.717, 1.165) is 47.2 Å². The molecule has 6 heteroatoms. The van der Waals surface area contributed by atoms with Gasteiger partial charge in [0, 0.05) is 17.7 Å². The number of hydrogen-bond donors (Lipinski definition) is 0. The molecule has 1 fully saturated rings. The van der Waals surface area contributed by atoms with Crippen LogP contribution in [0.4, 0.5) is 0 Å². The highest BCUT2D eigenvalue weighted by atomic mass is 32.2. The zero-order valence-electron chi connectivity index (χ0n) is 16.1. The zero-order chi connectivity index (χ0) is 19.5. The second kappa shape index (κ2) is 8.19. The van der Waals surface area contributed by atoms with Crippen molar-refractivity contribution in [1.29, 1.82) is 0 Å². The average molecular weight is 394 g/mol. The van der Waals surface area contributed by atoms with E-state index in [1.165, 1.54) is 17.3 Å². The van der Waals surface area contributed by atoms with Crippen molar-refractivity contribution in [1.82, 2.24) is 14.8 Å². The van der Waals surface area contributed by atoms with Gasteiger partial charge < -0.3 is 4.74 Å². The third kappa shape index (κ3) is 3.83. The summed E-state index contributed by atoms with van der Waals surface area (Å²) in [5.74, 6) is 1.83. The lowest BCUT2D eigenvalue weighted by atomic mass is 9.99. The Labute approximate surface area is 169 Å². The van der Waals surface area contributed by atoms with E-state index in [0.29, 0.717) is 12.2 Å². The number of carbonyl (C=O) groups excluding carboxylic acids is 1. The van der Waals surface area contributed by atoms with Crippen LogP contribution < -0.4 is 4.74 Å². The zero-order valence-corrected chi connectivity index (χ0v) is 16.9. The van der Waals surface area contributed by atoms with Crippen LogP contribution in [0.2, 0.25) is 0 Å². The molecule has 1 aliphatic carbocycles. The van der Waals surface area contributed by atoms with E-state index in [9.17, 15) is 4.79 Å². The van der Waals surface area contributed by atoms with E-state index in [-0.39, 0.29) is 5.25 Å². The smallest absolute Gasteiger partial charge is 0.196 e. The number of methoxy groups -OCH3 is 1. The number of carbonyl (C=O) groups is 1. The Morgan fingerprint density at radius 1 is 1.11 bits per heavy atom. The molecule has 2 aromatic carbocycles. The first-order valence-electron chi connectivity index (χ1n) is 9.52. The maximum Gasteiger partial charge on any atom is 0.196 e. The molecule has 1 aromatic heterocycles. The van der Waals surface area contributed by atoms with Crippen molar-refractivity contribution in [3.8, 4) is 22.8 Å². The molecule has 0 spiro atoms. The molecular formula is C22H23N3O2S. The molecular weight excluding hydrogens is 370 g/mol. The average Bonchev–Trinajstić information content (AvgIpc) is 3.14. The van der Waals surface area contributed by atoms with Gasteiger partial charge in [0.1, 0.15) is 11.5 Å². The van der Waals surface area contributed by atoms with Crippen molar-refractivity contribution in [2.45, 2.75) is 43.0 Å². The number of benzene rings is 2. The number of aromatic nitrogens is 3. The van der Waals surface area contributed by atoms with E-state index in [2.05, 4.69) is 41.4 Å². The van der Waals surface area contributed by atoms with Crippen molar-refractivity contribution in [2.24, 2.45) is 0 Å². The van der Waals surface area contributed by atoms with Gasteiger partial charge in [0.2, 0.25) is 0 Å². The maximum atomic E-state index is 12.4. The summed E-state index contributed by atoms with van der Waals surface area (Å²) in [5.41, 5.74) is 3.10. The van der Waals surface area contributed by atoms with Crippen molar-refractivity contribution in [3.63, 3.8) is 0 Å². The summed E-state index contributed by atoms with van der Waals surface area (Å²) in [7, 11) is 1.65. The van der Waals surface area contributed by atoms with Gasteiger partial charge in [-0.3, -0.25) is 9.36 Å². The third-order valence-corrected chi connectivity index (χ3v) is 6.26. The standard InChI is InChI=1S/C22H23N3O2S/c1-15-10-12-17(13-11-15)25-21(16-6-5-7-18(14-16)27-2)23-24-22(25)28-20-9-4-3-8-19(20)26/h5-7,10-14,20H,3-4,8-9H2,1-2H3/t20-/m0/s1. The van der Waals surface area contributed by atoms with Gasteiger partial charge >= 0.3 is 0 Å². The topological polar surface area (TPSA) is 57.0 Å². The fourth-order valence-electron chi connectivity index (χ4n) is 3.42.